The highest BCUT2D eigenvalue weighted by Crippen LogP contribution is 2.42. The number of anilines is 1. The van der Waals surface area contributed by atoms with Gasteiger partial charge in [-0.25, -0.2) is 18.2 Å². The molecule has 0 radical (unpaired) electrons. The number of halogens is 3. The van der Waals surface area contributed by atoms with Crippen molar-refractivity contribution in [2.45, 2.75) is 50.7 Å². The van der Waals surface area contributed by atoms with Crippen molar-refractivity contribution >= 4 is 11.5 Å². The molecule has 0 aliphatic heterocycles. The number of aliphatic hydroxyl groups is 2. The Bertz CT molecular complexity index is 1360. The Morgan fingerprint density at radius 2 is 1.85 bits per heavy atom. The fourth-order valence-corrected chi connectivity index (χ4v) is 5.10. The van der Waals surface area contributed by atoms with Crippen LogP contribution in [0.4, 0.5) is 18.9 Å². The van der Waals surface area contributed by atoms with Crippen molar-refractivity contribution in [3.63, 3.8) is 0 Å². The summed E-state index contributed by atoms with van der Waals surface area (Å²) < 4.78 is 54.8. The lowest BCUT2D eigenvalue weighted by Crippen LogP contribution is -2.49. The van der Waals surface area contributed by atoms with Crippen molar-refractivity contribution in [2.24, 2.45) is 5.92 Å². The number of ketones is 1. The number of nitrogens with two attached hydrogens (primary N) is 1. The number of aromatic nitrogens is 2. The van der Waals surface area contributed by atoms with Gasteiger partial charge in [0.05, 0.1) is 29.6 Å². The van der Waals surface area contributed by atoms with Crippen molar-refractivity contribution < 1.29 is 37.7 Å². The highest BCUT2D eigenvalue weighted by Gasteiger charge is 2.43. The normalized spacial score (nSPS) is 22.8. The number of benzene rings is 1. The molecular weight excluding hydrogens is 527 g/mol. The monoisotopic (exact) mass is 559 g/mol. The summed E-state index contributed by atoms with van der Waals surface area (Å²) in [5, 5.41) is 21.1. The number of aliphatic hydroxyl groups excluding tert-OH is 1. The van der Waals surface area contributed by atoms with E-state index in [9.17, 15) is 28.2 Å². The molecule has 0 saturated heterocycles. The highest BCUT2D eigenvalue weighted by molar-refractivity contribution is 6.00. The quantitative estimate of drug-likeness (QED) is 0.263. The van der Waals surface area contributed by atoms with Gasteiger partial charge in [-0.05, 0) is 48.8 Å². The Morgan fingerprint density at radius 3 is 2.50 bits per heavy atom. The average molecular weight is 560 g/mol. The van der Waals surface area contributed by atoms with Gasteiger partial charge in [-0.2, -0.15) is 0 Å². The minimum absolute atomic E-state index is 0.0518. The van der Waals surface area contributed by atoms with Crippen molar-refractivity contribution in [1.82, 2.24) is 9.97 Å². The Kier molecular flexibility index (Phi) is 8.77. The van der Waals surface area contributed by atoms with Crippen LogP contribution in [-0.2, 0) is 11.2 Å². The number of hydrogen-bond acceptors (Lipinski definition) is 8. The van der Waals surface area contributed by atoms with Crippen molar-refractivity contribution in [1.29, 1.82) is 0 Å². The molecular formula is C29H32F3N3O5. The second-order valence-electron chi connectivity index (χ2n) is 10.3. The first-order valence-corrected chi connectivity index (χ1v) is 12.9. The fourth-order valence-electron chi connectivity index (χ4n) is 5.10. The second-order valence-corrected chi connectivity index (χ2v) is 10.3. The van der Waals surface area contributed by atoms with Crippen LogP contribution in [0.1, 0.15) is 54.2 Å². The van der Waals surface area contributed by atoms with Gasteiger partial charge in [0.25, 0.3) is 0 Å². The molecule has 4 rings (SSSR count). The zero-order valence-corrected chi connectivity index (χ0v) is 22.5. The van der Waals surface area contributed by atoms with E-state index in [1.807, 2.05) is 6.92 Å². The van der Waals surface area contributed by atoms with E-state index in [2.05, 4.69) is 9.97 Å². The van der Waals surface area contributed by atoms with Crippen LogP contribution in [0.15, 0.2) is 36.7 Å². The van der Waals surface area contributed by atoms with Crippen molar-refractivity contribution in [3.8, 4) is 17.0 Å². The largest absolute Gasteiger partial charge is 0.491 e. The number of ether oxygens (including phenoxy) is 2. The maximum Gasteiger partial charge on any atom is 0.187 e. The first kappa shape index (κ1) is 29.4. The standard InChI is InChI=1S/C29H32F3N3O5/c1-15-8-16(10-25(37)29(15,2)38)19-4-5-34-14-17(19)9-24(36)28-23(33)13-22(32)27(35-28)26-20(30)11-18(12-21(26)31)40-7-6-39-3/h4-5,11-16,25,37-38H,6-10,33H2,1-3H3/t15-,16+,25+,29+/m0/s1. The third-order valence-electron chi connectivity index (χ3n) is 7.63. The minimum Gasteiger partial charge on any atom is -0.491 e. The van der Waals surface area contributed by atoms with Gasteiger partial charge < -0.3 is 25.4 Å². The van der Waals surface area contributed by atoms with E-state index in [0.29, 0.717) is 12.0 Å². The number of carbonyl (C=O) groups is 1. The van der Waals surface area contributed by atoms with E-state index in [1.165, 1.54) is 13.3 Å². The summed E-state index contributed by atoms with van der Waals surface area (Å²) in [6.07, 6.45) is 2.76. The van der Waals surface area contributed by atoms with Gasteiger partial charge in [-0.3, -0.25) is 9.78 Å². The molecule has 0 bridgehead atoms. The van der Waals surface area contributed by atoms with Crippen molar-refractivity contribution in [3.05, 3.63) is 70.9 Å². The average Bonchev–Trinajstić information content (AvgIpc) is 2.88. The molecule has 214 valence electrons. The Morgan fingerprint density at radius 1 is 1.15 bits per heavy atom. The van der Waals surface area contributed by atoms with Gasteiger partial charge in [0.1, 0.15) is 35.4 Å². The second kappa shape index (κ2) is 11.9. The number of carbonyl (C=O) groups excluding carboxylic acids is 1. The summed E-state index contributed by atoms with van der Waals surface area (Å²) in [6, 6.07) is 4.35. The lowest BCUT2D eigenvalue weighted by atomic mass is 9.68. The number of nitrogen functional groups attached to an aromatic ring is 1. The molecule has 2 aromatic heterocycles. The Hall–Kier alpha value is -3.54. The van der Waals surface area contributed by atoms with Crippen LogP contribution in [0, 0.1) is 23.4 Å². The molecule has 11 heteroatoms. The lowest BCUT2D eigenvalue weighted by molar-refractivity contribution is -0.123. The number of hydrogen-bond donors (Lipinski definition) is 3. The van der Waals surface area contributed by atoms with E-state index in [1.54, 1.807) is 19.2 Å². The molecule has 8 nitrogen and oxygen atoms in total. The smallest absolute Gasteiger partial charge is 0.187 e. The number of methoxy groups -OCH3 is 1. The van der Waals surface area contributed by atoms with E-state index in [0.717, 1.165) is 23.8 Å². The van der Waals surface area contributed by atoms with Gasteiger partial charge in [-0.15, -0.1) is 0 Å². The molecule has 1 aromatic carbocycles. The number of Topliss-reactive ketones (excluding diaryl/α,β-unsaturated/α-hetero) is 1. The number of pyridine rings is 2. The molecule has 0 unspecified atom stereocenters. The maximum absolute atomic E-state index is 14.9. The summed E-state index contributed by atoms with van der Waals surface area (Å²) in [5.41, 5.74) is 3.91. The molecule has 0 amide bonds. The van der Waals surface area contributed by atoms with Gasteiger partial charge >= 0.3 is 0 Å². The van der Waals surface area contributed by atoms with E-state index in [4.69, 9.17) is 15.2 Å². The topological polar surface area (TPSA) is 128 Å². The third-order valence-corrected chi connectivity index (χ3v) is 7.63. The molecule has 1 aliphatic carbocycles. The lowest BCUT2D eigenvalue weighted by Gasteiger charge is -2.43. The van der Waals surface area contributed by atoms with Gasteiger partial charge in [0.2, 0.25) is 0 Å². The molecule has 1 fully saturated rings. The summed E-state index contributed by atoms with van der Waals surface area (Å²) in [5.74, 6) is -4.44. The van der Waals surface area contributed by atoms with Gasteiger partial charge in [0, 0.05) is 44.1 Å². The fraction of sp³-hybridized carbons (Fsp3) is 0.414. The summed E-state index contributed by atoms with van der Waals surface area (Å²) >= 11 is 0. The molecule has 4 atom stereocenters. The Labute approximate surface area is 230 Å². The predicted molar refractivity (Wildman–Crippen MR) is 141 cm³/mol. The zero-order chi connectivity index (χ0) is 29.2. The molecule has 1 saturated carbocycles. The molecule has 40 heavy (non-hydrogen) atoms. The highest BCUT2D eigenvalue weighted by atomic mass is 19.1. The van der Waals surface area contributed by atoms with Crippen LogP contribution in [0.3, 0.4) is 0 Å². The maximum atomic E-state index is 14.9. The Balaban J connectivity index is 1.64. The van der Waals surface area contributed by atoms with Crippen LogP contribution in [0.25, 0.3) is 11.3 Å². The molecule has 4 N–H and O–H groups in total. The van der Waals surface area contributed by atoms with Crippen LogP contribution in [0.2, 0.25) is 0 Å². The zero-order valence-electron chi connectivity index (χ0n) is 22.5. The summed E-state index contributed by atoms with van der Waals surface area (Å²) in [6.45, 7) is 3.70. The van der Waals surface area contributed by atoms with Gasteiger partial charge in [-0.1, -0.05) is 6.92 Å². The SMILES string of the molecule is COCCOc1cc(F)c(-c2nc(C(=O)Cc3cnccc3[C@H]3C[C@@H](O)[C@](C)(O)[C@@H](C)C3)c(N)cc2F)c(F)c1. The number of nitrogens with zero attached hydrogens (tertiary/aromatic N) is 2. The van der Waals surface area contributed by atoms with Crippen LogP contribution in [0.5, 0.6) is 5.75 Å². The third kappa shape index (κ3) is 5.96. The first-order valence-electron chi connectivity index (χ1n) is 12.9. The summed E-state index contributed by atoms with van der Waals surface area (Å²) in [7, 11) is 1.45. The number of rotatable bonds is 9. The van der Waals surface area contributed by atoms with E-state index in [-0.39, 0.29) is 55.0 Å². The molecule has 1 aliphatic rings. The molecule has 0 spiro atoms. The van der Waals surface area contributed by atoms with Crippen LogP contribution in [-0.4, -0.2) is 58.0 Å². The van der Waals surface area contributed by atoms with Gasteiger partial charge in [0.15, 0.2) is 11.6 Å². The van der Waals surface area contributed by atoms with Crippen LogP contribution < -0.4 is 10.5 Å². The van der Waals surface area contributed by atoms with E-state index >= 15 is 0 Å². The molecule has 3 aromatic rings. The van der Waals surface area contributed by atoms with Crippen LogP contribution >= 0.6 is 0 Å². The first-order chi connectivity index (χ1) is 18.9. The van der Waals surface area contributed by atoms with E-state index < -0.39 is 46.2 Å². The minimum atomic E-state index is -1.23. The predicted octanol–water partition coefficient (Wildman–Crippen LogP) is 4.22. The molecule has 2 heterocycles. The van der Waals surface area contributed by atoms with Crippen molar-refractivity contribution in [2.75, 3.05) is 26.1 Å². The summed E-state index contributed by atoms with van der Waals surface area (Å²) in [4.78, 5) is 21.5.